The molecule has 1 aromatic carbocycles. The molecular formula is C17H22FN3. The van der Waals surface area contributed by atoms with Gasteiger partial charge in [0.25, 0.3) is 0 Å². The SMILES string of the molecule is N#Cc1cc(C2C(CN)CCCCN2C2CC2)ccc1F. The Labute approximate surface area is 125 Å². The Hall–Kier alpha value is -1.44. The van der Waals surface area contributed by atoms with Crippen LogP contribution in [-0.2, 0) is 0 Å². The number of benzene rings is 1. The molecule has 21 heavy (non-hydrogen) atoms. The molecule has 4 heteroatoms. The first-order valence-corrected chi connectivity index (χ1v) is 7.90. The van der Waals surface area contributed by atoms with Crippen molar-refractivity contribution in [1.82, 2.24) is 4.90 Å². The maximum absolute atomic E-state index is 13.6. The first-order chi connectivity index (χ1) is 10.2. The Morgan fingerprint density at radius 1 is 1.29 bits per heavy atom. The summed E-state index contributed by atoms with van der Waals surface area (Å²) in [5.41, 5.74) is 7.21. The summed E-state index contributed by atoms with van der Waals surface area (Å²) in [5, 5.41) is 9.08. The molecule has 1 aliphatic carbocycles. The lowest BCUT2D eigenvalue weighted by Crippen LogP contribution is -2.37. The van der Waals surface area contributed by atoms with E-state index in [1.165, 1.54) is 31.7 Å². The third-order valence-corrected chi connectivity index (χ3v) is 4.82. The number of hydrogen-bond donors (Lipinski definition) is 1. The van der Waals surface area contributed by atoms with Crippen molar-refractivity contribution in [1.29, 1.82) is 5.26 Å². The van der Waals surface area contributed by atoms with Gasteiger partial charge in [-0.25, -0.2) is 4.39 Å². The maximum Gasteiger partial charge on any atom is 0.140 e. The minimum absolute atomic E-state index is 0.142. The lowest BCUT2D eigenvalue weighted by atomic mass is 9.88. The predicted octanol–water partition coefficient (Wildman–Crippen LogP) is 2.96. The Bertz CT molecular complexity index is 547. The van der Waals surface area contributed by atoms with Gasteiger partial charge < -0.3 is 5.73 Å². The van der Waals surface area contributed by atoms with Crippen LogP contribution in [0.1, 0.15) is 49.3 Å². The smallest absolute Gasteiger partial charge is 0.140 e. The summed E-state index contributed by atoms with van der Waals surface area (Å²) in [5.74, 6) is -0.0396. The van der Waals surface area contributed by atoms with Crippen molar-refractivity contribution in [2.45, 2.75) is 44.2 Å². The number of nitrogens with two attached hydrogens (primary N) is 1. The van der Waals surface area contributed by atoms with Crippen LogP contribution in [0.2, 0.25) is 0 Å². The molecule has 0 amide bonds. The van der Waals surface area contributed by atoms with Crippen LogP contribution in [0.5, 0.6) is 0 Å². The molecule has 1 heterocycles. The zero-order chi connectivity index (χ0) is 14.8. The largest absolute Gasteiger partial charge is 0.330 e. The molecule has 0 bridgehead atoms. The van der Waals surface area contributed by atoms with Gasteiger partial charge in [-0.3, -0.25) is 4.90 Å². The van der Waals surface area contributed by atoms with Crippen LogP contribution in [0.4, 0.5) is 4.39 Å². The molecule has 1 saturated carbocycles. The molecule has 1 aromatic rings. The van der Waals surface area contributed by atoms with E-state index in [0.29, 0.717) is 18.5 Å². The van der Waals surface area contributed by atoms with E-state index >= 15 is 0 Å². The van der Waals surface area contributed by atoms with Crippen molar-refractivity contribution in [3.63, 3.8) is 0 Å². The van der Waals surface area contributed by atoms with Gasteiger partial charge in [0.05, 0.1) is 5.56 Å². The van der Waals surface area contributed by atoms with E-state index in [4.69, 9.17) is 11.0 Å². The second-order valence-electron chi connectivity index (χ2n) is 6.26. The van der Waals surface area contributed by atoms with E-state index < -0.39 is 5.82 Å². The van der Waals surface area contributed by atoms with Crippen molar-refractivity contribution < 1.29 is 4.39 Å². The first-order valence-electron chi connectivity index (χ1n) is 7.90. The monoisotopic (exact) mass is 287 g/mol. The summed E-state index contributed by atoms with van der Waals surface area (Å²) in [6.07, 6.45) is 6.02. The first kappa shape index (κ1) is 14.5. The van der Waals surface area contributed by atoms with Gasteiger partial charge in [-0.2, -0.15) is 5.26 Å². The summed E-state index contributed by atoms with van der Waals surface area (Å²) in [4.78, 5) is 2.55. The lowest BCUT2D eigenvalue weighted by molar-refractivity contribution is 0.149. The standard InChI is InChI=1S/C17H22FN3/c18-16-7-4-12(9-14(16)11-20)17-13(10-19)3-1-2-8-21(17)15-5-6-15/h4,7,9,13,15,17H,1-3,5-6,8,10,19H2. The topological polar surface area (TPSA) is 53.1 Å². The van der Waals surface area contributed by atoms with Gasteiger partial charge >= 0.3 is 0 Å². The molecule has 2 atom stereocenters. The molecule has 2 unspecified atom stereocenters. The number of hydrogen-bond acceptors (Lipinski definition) is 3. The van der Waals surface area contributed by atoms with E-state index in [9.17, 15) is 4.39 Å². The fourth-order valence-corrected chi connectivity index (χ4v) is 3.61. The summed E-state index contributed by atoms with van der Waals surface area (Å²) in [6.45, 7) is 1.73. The average Bonchev–Trinajstić information content (AvgIpc) is 3.33. The normalized spacial score (nSPS) is 27.1. The van der Waals surface area contributed by atoms with Gasteiger partial charge in [0.15, 0.2) is 0 Å². The quantitative estimate of drug-likeness (QED) is 0.930. The van der Waals surface area contributed by atoms with E-state index in [2.05, 4.69) is 4.90 Å². The van der Waals surface area contributed by atoms with Crippen molar-refractivity contribution in [2.24, 2.45) is 11.7 Å². The zero-order valence-corrected chi connectivity index (χ0v) is 12.3. The maximum atomic E-state index is 13.6. The molecule has 1 aliphatic heterocycles. The molecule has 2 N–H and O–H groups in total. The molecule has 2 fully saturated rings. The van der Waals surface area contributed by atoms with E-state index in [-0.39, 0.29) is 11.6 Å². The molecule has 3 rings (SSSR count). The van der Waals surface area contributed by atoms with Crippen LogP contribution in [0.25, 0.3) is 0 Å². The number of likely N-dealkylation sites (tertiary alicyclic amines) is 1. The lowest BCUT2D eigenvalue weighted by Gasteiger charge is -2.35. The predicted molar refractivity (Wildman–Crippen MR) is 80.0 cm³/mol. The van der Waals surface area contributed by atoms with Gasteiger partial charge in [0, 0.05) is 12.1 Å². The van der Waals surface area contributed by atoms with Gasteiger partial charge in [0.2, 0.25) is 0 Å². The van der Waals surface area contributed by atoms with E-state index in [1.54, 1.807) is 6.07 Å². The second kappa shape index (κ2) is 6.13. The van der Waals surface area contributed by atoms with Gasteiger partial charge in [-0.15, -0.1) is 0 Å². The highest BCUT2D eigenvalue weighted by Gasteiger charge is 2.39. The van der Waals surface area contributed by atoms with Gasteiger partial charge in [-0.05, 0) is 62.4 Å². The molecular weight excluding hydrogens is 265 g/mol. The van der Waals surface area contributed by atoms with E-state index in [0.717, 1.165) is 18.5 Å². The summed E-state index contributed by atoms with van der Waals surface area (Å²) >= 11 is 0. The Morgan fingerprint density at radius 3 is 2.76 bits per heavy atom. The highest BCUT2D eigenvalue weighted by molar-refractivity contribution is 5.36. The molecule has 2 aliphatic rings. The summed E-state index contributed by atoms with van der Waals surface area (Å²) < 4.78 is 13.6. The van der Waals surface area contributed by atoms with Crippen molar-refractivity contribution in [3.05, 3.63) is 35.1 Å². The number of nitriles is 1. The van der Waals surface area contributed by atoms with Crippen molar-refractivity contribution in [2.75, 3.05) is 13.1 Å². The van der Waals surface area contributed by atoms with Crippen molar-refractivity contribution >= 4 is 0 Å². The van der Waals surface area contributed by atoms with Crippen LogP contribution >= 0.6 is 0 Å². The highest BCUT2D eigenvalue weighted by atomic mass is 19.1. The minimum atomic E-state index is -0.433. The fraction of sp³-hybridized carbons (Fsp3) is 0.588. The minimum Gasteiger partial charge on any atom is -0.330 e. The van der Waals surface area contributed by atoms with Crippen LogP contribution in [0.15, 0.2) is 18.2 Å². The van der Waals surface area contributed by atoms with Gasteiger partial charge in [-0.1, -0.05) is 12.5 Å². The fourth-order valence-electron chi connectivity index (χ4n) is 3.61. The number of rotatable bonds is 3. The molecule has 0 aromatic heterocycles. The second-order valence-corrected chi connectivity index (χ2v) is 6.26. The highest BCUT2D eigenvalue weighted by Crippen LogP contribution is 2.41. The zero-order valence-electron chi connectivity index (χ0n) is 12.3. The van der Waals surface area contributed by atoms with Crippen molar-refractivity contribution in [3.8, 4) is 6.07 Å². The number of halogens is 1. The molecule has 0 radical (unpaired) electrons. The average molecular weight is 287 g/mol. The Kier molecular flexibility index (Phi) is 4.23. The third kappa shape index (κ3) is 2.95. The summed E-state index contributed by atoms with van der Waals surface area (Å²) in [7, 11) is 0. The van der Waals surface area contributed by atoms with Crippen LogP contribution in [0, 0.1) is 23.1 Å². The van der Waals surface area contributed by atoms with Crippen LogP contribution in [-0.4, -0.2) is 24.0 Å². The van der Waals surface area contributed by atoms with Gasteiger partial charge in [0.1, 0.15) is 11.9 Å². The van der Waals surface area contributed by atoms with Crippen LogP contribution < -0.4 is 5.73 Å². The molecule has 0 spiro atoms. The molecule has 1 saturated heterocycles. The third-order valence-electron chi connectivity index (χ3n) is 4.82. The molecule has 112 valence electrons. The number of nitrogens with zero attached hydrogens (tertiary/aromatic N) is 2. The Balaban J connectivity index is 1.98. The Morgan fingerprint density at radius 2 is 2.10 bits per heavy atom. The van der Waals surface area contributed by atoms with E-state index in [1.807, 2.05) is 12.1 Å². The van der Waals surface area contributed by atoms with Crippen LogP contribution in [0.3, 0.4) is 0 Å². The molecule has 3 nitrogen and oxygen atoms in total. The summed E-state index contributed by atoms with van der Waals surface area (Å²) in [6, 6.07) is 7.83.